The van der Waals surface area contributed by atoms with E-state index in [1.807, 2.05) is 20.8 Å². The lowest BCUT2D eigenvalue weighted by Gasteiger charge is -2.29. The van der Waals surface area contributed by atoms with Crippen molar-refractivity contribution in [2.45, 2.75) is 45.3 Å². The van der Waals surface area contributed by atoms with E-state index in [0.29, 0.717) is 25.9 Å². The largest absolute Gasteiger partial charge is 0.444 e. The maximum absolute atomic E-state index is 13.0. The maximum Gasteiger partial charge on any atom is 0.410 e. The van der Waals surface area contributed by atoms with Crippen LogP contribution < -0.4 is 5.32 Å². The number of carbonyl (C=O) groups excluding carboxylic acids is 2. The molecule has 0 aromatic heterocycles. The summed E-state index contributed by atoms with van der Waals surface area (Å²) in [6.45, 7) is 5.73. The van der Waals surface area contributed by atoms with Gasteiger partial charge in [-0.1, -0.05) is 0 Å². The Kier molecular flexibility index (Phi) is 3.45. The van der Waals surface area contributed by atoms with Gasteiger partial charge in [0.1, 0.15) is 12.3 Å². The van der Waals surface area contributed by atoms with Gasteiger partial charge in [-0.2, -0.15) is 0 Å². The molecular weight excluding hydrogens is 251 g/mol. The zero-order valence-corrected chi connectivity index (χ0v) is 11.7. The minimum atomic E-state index is -0.589. The predicted octanol–water partition coefficient (Wildman–Crippen LogP) is 1.47. The Morgan fingerprint density at radius 1 is 1.58 bits per heavy atom. The van der Waals surface area contributed by atoms with Crippen LogP contribution in [-0.2, 0) is 9.53 Å². The number of ether oxygens (including phenoxy) is 1. The van der Waals surface area contributed by atoms with Crippen molar-refractivity contribution in [2.24, 2.45) is 5.41 Å². The molecule has 19 heavy (non-hydrogen) atoms. The van der Waals surface area contributed by atoms with Crippen molar-refractivity contribution in [3.8, 4) is 0 Å². The second-order valence-electron chi connectivity index (χ2n) is 6.47. The lowest BCUT2D eigenvalue weighted by molar-refractivity contribution is -0.119. The maximum atomic E-state index is 13.0. The van der Waals surface area contributed by atoms with Gasteiger partial charge in [0.05, 0.1) is 6.04 Å². The fraction of sp³-hybridized carbons (Fsp3) is 0.846. The Morgan fingerprint density at radius 2 is 2.26 bits per heavy atom. The molecule has 2 aliphatic rings. The van der Waals surface area contributed by atoms with E-state index in [9.17, 15) is 14.0 Å². The summed E-state index contributed by atoms with van der Waals surface area (Å²) in [7, 11) is 0. The van der Waals surface area contributed by atoms with Gasteiger partial charge in [0.25, 0.3) is 0 Å². The summed E-state index contributed by atoms with van der Waals surface area (Å²) in [5, 5.41) is 2.65. The summed E-state index contributed by atoms with van der Waals surface area (Å²) in [5.41, 5.74) is -1.00. The molecule has 2 atom stereocenters. The molecule has 2 aliphatic heterocycles. The van der Waals surface area contributed by atoms with Gasteiger partial charge in [0.2, 0.25) is 5.91 Å². The molecule has 1 spiro atoms. The topological polar surface area (TPSA) is 58.6 Å². The summed E-state index contributed by atoms with van der Waals surface area (Å²) in [5.74, 6) is -0.131. The number of carbonyl (C=O) groups is 2. The highest BCUT2D eigenvalue weighted by molar-refractivity contribution is 5.80. The number of nitrogens with zero attached hydrogens (tertiary/aromatic N) is 1. The number of rotatable bonds is 1. The first kappa shape index (κ1) is 14.1. The third-order valence-corrected chi connectivity index (χ3v) is 3.78. The van der Waals surface area contributed by atoms with E-state index < -0.39 is 23.7 Å². The van der Waals surface area contributed by atoms with Gasteiger partial charge >= 0.3 is 6.09 Å². The van der Waals surface area contributed by atoms with Gasteiger partial charge in [0, 0.05) is 24.9 Å². The Morgan fingerprint density at radius 3 is 2.84 bits per heavy atom. The normalized spacial score (nSPS) is 30.8. The average molecular weight is 272 g/mol. The molecule has 2 amide bonds. The van der Waals surface area contributed by atoms with Crippen molar-refractivity contribution < 1.29 is 18.7 Å². The highest BCUT2D eigenvalue weighted by Crippen LogP contribution is 2.41. The summed E-state index contributed by atoms with van der Waals surface area (Å²) >= 11 is 0. The number of likely N-dealkylation sites (tertiary alicyclic amines) is 1. The number of alkyl halides is 1. The number of hydrogen-bond acceptors (Lipinski definition) is 3. The van der Waals surface area contributed by atoms with Crippen LogP contribution in [0.1, 0.15) is 33.6 Å². The van der Waals surface area contributed by atoms with Crippen molar-refractivity contribution in [3.05, 3.63) is 0 Å². The summed E-state index contributed by atoms with van der Waals surface area (Å²) in [6, 6.07) is -0.479. The van der Waals surface area contributed by atoms with Gasteiger partial charge in [-0.05, 0) is 27.2 Å². The quantitative estimate of drug-likeness (QED) is 0.786. The van der Waals surface area contributed by atoms with E-state index >= 15 is 0 Å². The number of nitrogens with one attached hydrogen (secondary N) is 1. The van der Waals surface area contributed by atoms with Crippen LogP contribution in [0.3, 0.4) is 0 Å². The van der Waals surface area contributed by atoms with Crippen molar-refractivity contribution in [3.63, 3.8) is 0 Å². The zero-order valence-electron chi connectivity index (χ0n) is 11.7. The highest BCUT2D eigenvalue weighted by Gasteiger charge is 2.52. The second kappa shape index (κ2) is 4.65. The van der Waals surface area contributed by atoms with Gasteiger partial charge in [-0.25, -0.2) is 9.18 Å². The Bertz CT molecular complexity index is 394. The zero-order chi connectivity index (χ0) is 14.3. The molecule has 0 aromatic rings. The molecule has 0 unspecified atom stereocenters. The molecule has 0 radical (unpaired) electrons. The average Bonchev–Trinajstić information content (AvgIpc) is 2.81. The Hall–Kier alpha value is -1.33. The standard InChI is InChI=1S/C13H21FN2O3/c1-12(2,3)19-11(18)16-5-4-13(8-16)6-10(17)15-9(13)7-14/h9H,4-8H2,1-3H3,(H,15,17)/t9-,13+/m1/s1. The van der Waals surface area contributed by atoms with Crippen LogP contribution in [0.15, 0.2) is 0 Å². The lowest BCUT2D eigenvalue weighted by Crippen LogP contribution is -2.42. The molecule has 1 N–H and O–H groups in total. The van der Waals surface area contributed by atoms with Gasteiger partial charge in [0.15, 0.2) is 0 Å². The second-order valence-corrected chi connectivity index (χ2v) is 6.47. The van der Waals surface area contributed by atoms with Crippen LogP contribution in [0.2, 0.25) is 0 Å². The molecule has 2 fully saturated rings. The van der Waals surface area contributed by atoms with Crippen LogP contribution in [0.25, 0.3) is 0 Å². The first-order valence-electron chi connectivity index (χ1n) is 6.59. The van der Waals surface area contributed by atoms with Gasteiger partial charge < -0.3 is 15.0 Å². The van der Waals surface area contributed by atoms with Crippen LogP contribution in [0.5, 0.6) is 0 Å². The Balaban J connectivity index is 2.03. The van der Waals surface area contributed by atoms with Gasteiger partial charge in [-0.3, -0.25) is 4.79 Å². The number of halogens is 1. The van der Waals surface area contributed by atoms with E-state index in [-0.39, 0.29) is 12.0 Å². The molecular formula is C13H21FN2O3. The molecule has 6 heteroatoms. The molecule has 2 rings (SSSR count). The SMILES string of the molecule is CC(C)(C)OC(=O)N1CC[C@]2(CC(=O)N[C@@H]2CF)C1. The minimum absolute atomic E-state index is 0.131. The fourth-order valence-electron chi connectivity index (χ4n) is 2.85. The van der Waals surface area contributed by atoms with E-state index in [1.165, 1.54) is 0 Å². The fourth-order valence-corrected chi connectivity index (χ4v) is 2.85. The minimum Gasteiger partial charge on any atom is -0.444 e. The smallest absolute Gasteiger partial charge is 0.410 e. The van der Waals surface area contributed by atoms with Gasteiger partial charge in [-0.15, -0.1) is 0 Å². The molecule has 0 saturated carbocycles. The monoisotopic (exact) mass is 272 g/mol. The van der Waals surface area contributed by atoms with E-state index in [2.05, 4.69) is 5.32 Å². The van der Waals surface area contributed by atoms with Crippen molar-refractivity contribution >= 4 is 12.0 Å². The summed E-state index contributed by atoms with van der Waals surface area (Å²) in [6.07, 6.45) is 0.543. The highest BCUT2D eigenvalue weighted by atomic mass is 19.1. The van der Waals surface area contributed by atoms with E-state index in [0.717, 1.165) is 0 Å². The molecule has 108 valence electrons. The molecule has 2 heterocycles. The third-order valence-electron chi connectivity index (χ3n) is 3.78. The molecule has 0 aromatic carbocycles. The first-order chi connectivity index (χ1) is 8.76. The molecule has 0 bridgehead atoms. The van der Waals surface area contributed by atoms with E-state index in [1.54, 1.807) is 4.90 Å². The predicted molar refractivity (Wildman–Crippen MR) is 67.4 cm³/mol. The summed E-state index contributed by atoms with van der Waals surface area (Å²) < 4.78 is 18.3. The third kappa shape index (κ3) is 2.82. The Labute approximate surface area is 112 Å². The van der Waals surface area contributed by atoms with Crippen LogP contribution in [0.4, 0.5) is 9.18 Å². The summed E-state index contributed by atoms with van der Waals surface area (Å²) in [4.78, 5) is 25.0. The van der Waals surface area contributed by atoms with Crippen LogP contribution in [0, 0.1) is 5.41 Å². The molecule has 2 saturated heterocycles. The number of hydrogen-bond donors (Lipinski definition) is 1. The van der Waals surface area contributed by atoms with Crippen molar-refractivity contribution in [1.29, 1.82) is 0 Å². The van der Waals surface area contributed by atoms with E-state index in [4.69, 9.17) is 4.74 Å². The van der Waals surface area contributed by atoms with Crippen molar-refractivity contribution in [1.82, 2.24) is 10.2 Å². The lowest BCUT2D eigenvalue weighted by atomic mass is 9.80. The molecule has 5 nitrogen and oxygen atoms in total. The van der Waals surface area contributed by atoms with Crippen LogP contribution in [-0.4, -0.2) is 48.3 Å². The van der Waals surface area contributed by atoms with Crippen LogP contribution >= 0.6 is 0 Å². The number of amides is 2. The first-order valence-corrected chi connectivity index (χ1v) is 6.59. The molecule has 0 aliphatic carbocycles. The van der Waals surface area contributed by atoms with Crippen molar-refractivity contribution in [2.75, 3.05) is 19.8 Å².